The van der Waals surface area contributed by atoms with Crippen LogP contribution in [0, 0.1) is 0 Å². The second kappa shape index (κ2) is 10.5. The number of rotatable bonds is 10. The Morgan fingerprint density at radius 2 is 1.88 bits per heavy atom. The van der Waals surface area contributed by atoms with E-state index in [4.69, 9.17) is 9.84 Å². The number of amides is 2. The third-order valence-electron chi connectivity index (χ3n) is 3.10. The van der Waals surface area contributed by atoms with Crippen molar-refractivity contribution in [2.45, 2.75) is 25.4 Å². The van der Waals surface area contributed by atoms with E-state index in [0.717, 1.165) is 0 Å². The Hall–Kier alpha value is -2.22. The molecular weight excluding hydrogens is 332 g/mol. The molecule has 0 spiro atoms. The zero-order valence-electron chi connectivity index (χ0n) is 13.7. The molecule has 0 bridgehead atoms. The number of hydrogen-bond acceptors (Lipinski definition) is 5. The van der Waals surface area contributed by atoms with Gasteiger partial charge in [-0.15, -0.1) is 0 Å². The topological polar surface area (TPSA) is 105 Å². The molecular formula is C16H22N2O5S. The Bertz CT molecular complexity index is 553. The molecule has 24 heavy (non-hydrogen) atoms. The van der Waals surface area contributed by atoms with E-state index in [2.05, 4.69) is 10.6 Å². The van der Waals surface area contributed by atoms with Gasteiger partial charge in [0.1, 0.15) is 17.8 Å². The Kier molecular flexibility index (Phi) is 8.70. The minimum Gasteiger partial charge on any atom is -0.484 e. The summed E-state index contributed by atoms with van der Waals surface area (Å²) >= 11 is 1.53. The molecule has 132 valence electrons. The maximum atomic E-state index is 12.1. The summed E-state index contributed by atoms with van der Waals surface area (Å²) in [6, 6.07) is 7.03. The van der Waals surface area contributed by atoms with Crippen LogP contribution in [0.5, 0.6) is 5.75 Å². The number of benzene rings is 1. The summed E-state index contributed by atoms with van der Waals surface area (Å²) in [6.07, 6.45) is 2.28. The molecule has 8 heteroatoms. The fraction of sp³-hybridized carbons (Fsp3) is 0.438. The van der Waals surface area contributed by atoms with E-state index in [1.165, 1.54) is 18.7 Å². The lowest BCUT2D eigenvalue weighted by Crippen LogP contribution is -2.51. The van der Waals surface area contributed by atoms with Crippen LogP contribution in [0.15, 0.2) is 30.3 Å². The third-order valence-corrected chi connectivity index (χ3v) is 3.75. The maximum absolute atomic E-state index is 12.1. The van der Waals surface area contributed by atoms with Gasteiger partial charge in [0.2, 0.25) is 5.91 Å². The molecule has 0 aliphatic rings. The molecule has 1 aromatic rings. The molecule has 0 radical (unpaired) electrons. The van der Waals surface area contributed by atoms with Crippen LogP contribution in [0.25, 0.3) is 0 Å². The van der Waals surface area contributed by atoms with Crippen molar-refractivity contribution in [1.29, 1.82) is 0 Å². The summed E-state index contributed by atoms with van der Waals surface area (Å²) in [6.45, 7) is 1.15. The number of carbonyl (C=O) groups excluding carboxylic acids is 2. The predicted molar refractivity (Wildman–Crippen MR) is 92.1 cm³/mol. The molecule has 0 aliphatic carbocycles. The van der Waals surface area contributed by atoms with Gasteiger partial charge in [0, 0.05) is 0 Å². The van der Waals surface area contributed by atoms with Crippen molar-refractivity contribution < 1.29 is 24.2 Å². The zero-order valence-corrected chi connectivity index (χ0v) is 14.5. The van der Waals surface area contributed by atoms with Crippen molar-refractivity contribution in [2.24, 2.45) is 0 Å². The zero-order chi connectivity index (χ0) is 17.9. The molecule has 0 saturated heterocycles. The van der Waals surface area contributed by atoms with Gasteiger partial charge >= 0.3 is 5.97 Å². The van der Waals surface area contributed by atoms with Gasteiger partial charge in [0.15, 0.2) is 6.61 Å². The first-order valence-electron chi connectivity index (χ1n) is 7.43. The van der Waals surface area contributed by atoms with Gasteiger partial charge in [0.25, 0.3) is 5.91 Å². The molecule has 0 aromatic heterocycles. The van der Waals surface area contributed by atoms with Crippen LogP contribution in [0.3, 0.4) is 0 Å². The number of nitrogens with one attached hydrogen (secondary N) is 2. The maximum Gasteiger partial charge on any atom is 0.325 e. The van der Waals surface area contributed by atoms with E-state index in [1.54, 1.807) is 24.3 Å². The number of aliphatic carboxylic acids is 1. The van der Waals surface area contributed by atoms with E-state index < -0.39 is 29.9 Å². The van der Waals surface area contributed by atoms with Gasteiger partial charge in [-0.05, 0) is 37.5 Å². The molecule has 0 saturated carbocycles. The van der Waals surface area contributed by atoms with E-state index in [9.17, 15) is 14.4 Å². The van der Waals surface area contributed by atoms with Crippen LogP contribution in [0.4, 0.5) is 0 Å². The third kappa shape index (κ3) is 7.36. The average molecular weight is 354 g/mol. The monoisotopic (exact) mass is 354 g/mol. The van der Waals surface area contributed by atoms with Crippen molar-refractivity contribution >= 4 is 29.5 Å². The smallest absolute Gasteiger partial charge is 0.325 e. The van der Waals surface area contributed by atoms with Crippen molar-refractivity contribution in [3.8, 4) is 5.75 Å². The molecule has 2 amide bonds. The first kappa shape index (κ1) is 19.8. The van der Waals surface area contributed by atoms with E-state index in [1.807, 2.05) is 12.3 Å². The number of carboxylic acid groups (broad SMARTS) is 1. The molecule has 1 unspecified atom stereocenters. The van der Waals surface area contributed by atoms with E-state index in [0.29, 0.717) is 17.9 Å². The number of para-hydroxylation sites is 1. The number of carboxylic acids is 1. The van der Waals surface area contributed by atoms with Crippen LogP contribution in [0.2, 0.25) is 0 Å². The Morgan fingerprint density at radius 3 is 2.46 bits per heavy atom. The second-order valence-corrected chi connectivity index (χ2v) is 6.06. The minimum atomic E-state index is -1.13. The average Bonchev–Trinajstić information content (AvgIpc) is 2.57. The molecule has 0 heterocycles. The highest BCUT2D eigenvalue weighted by atomic mass is 32.2. The van der Waals surface area contributed by atoms with Crippen molar-refractivity contribution in [3.05, 3.63) is 30.3 Å². The predicted octanol–water partition coefficient (Wildman–Crippen LogP) is 0.893. The van der Waals surface area contributed by atoms with Gasteiger partial charge in [-0.1, -0.05) is 18.2 Å². The van der Waals surface area contributed by atoms with Crippen molar-refractivity contribution in [1.82, 2.24) is 10.6 Å². The first-order valence-corrected chi connectivity index (χ1v) is 8.82. The lowest BCUT2D eigenvalue weighted by atomic mass is 10.2. The number of ether oxygens (including phenoxy) is 1. The Morgan fingerprint density at radius 1 is 1.21 bits per heavy atom. The van der Waals surface area contributed by atoms with Gasteiger partial charge in [0.05, 0.1) is 0 Å². The molecule has 1 aromatic carbocycles. The summed E-state index contributed by atoms with van der Waals surface area (Å²) in [5.41, 5.74) is 0. The van der Waals surface area contributed by atoms with Crippen LogP contribution < -0.4 is 15.4 Å². The first-order chi connectivity index (χ1) is 11.4. The van der Waals surface area contributed by atoms with Crippen LogP contribution >= 0.6 is 11.8 Å². The highest BCUT2D eigenvalue weighted by Gasteiger charge is 2.23. The minimum absolute atomic E-state index is 0.221. The molecule has 7 nitrogen and oxygen atoms in total. The van der Waals surface area contributed by atoms with Crippen LogP contribution in [0.1, 0.15) is 13.3 Å². The van der Waals surface area contributed by atoms with Gasteiger partial charge in [-0.3, -0.25) is 14.4 Å². The fourth-order valence-corrected chi connectivity index (χ4v) is 2.25. The van der Waals surface area contributed by atoms with E-state index >= 15 is 0 Å². The highest BCUT2D eigenvalue weighted by molar-refractivity contribution is 7.98. The second-order valence-electron chi connectivity index (χ2n) is 5.07. The molecule has 3 N–H and O–H groups in total. The summed E-state index contributed by atoms with van der Waals surface area (Å²) in [5.74, 6) is -0.891. The Labute approximate surface area is 145 Å². The molecule has 1 rings (SSSR count). The van der Waals surface area contributed by atoms with Crippen molar-refractivity contribution in [3.63, 3.8) is 0 Å². The van der Waals surface area contributed by atoms with Gasteiger partial charge in [-0.25, -0.2) is 0 Å². The molecule has 0 aliphatic heterocycles. The van der Waals surface area contributed by atoms with Crippen LogP contribution in [-0.4, -0.2) is 53.6 Å². The van der Waals surface area contributed by atoms with Crippen LogP contribution in [-0.2, 0) is 14.4 Å². The molecule has 0 fully saturated rings. The van der Waals surface area contributed by atoms with E-state index in [-0.39, 0.29) is 6.61 Å². The van der Waals surface area contributed by atoms with Gasteiger partial charge in [-0.2, -0.15) is 11.8 Å². The largest absolute Gasteiger partial charge is 0.484 e. The Balaban J connectivity index is 2.55. The van der Waals surface area contributed by atoms with Crippen molar-refractivity contribution in [2.75, 3.05) is 18.6 Å². The normalized spacial score (nSPS) is 12.8. The number of carbonyl (C=O) groups is 3. The quantitative estimate of drug-likeness (QED) is 0.576. The summed E-state index contributed by atoms with van der Waals surface area (Å²) in [4.78, 5) is 34.9. The lowest BCUT2D eigenvalue weighted by Gasteiger charge is -2.19. The summed E-state index contributed by atoms with van der Waals surface area (Å²) in [5, 5.41) is 13.8. The summed E-state index contributed by atoms with van der Waals surface area (Å²) in [7, 11) is 0. The standard InChI is InChI=1S/C16H22N2O5S/c1-11(16(21)22)17-15(20)13(8-9-24-2)18-14(19)10-23-12-6-4-3-5-7-12/h3-7,11,13H,8-10H2,1-2H3,(H,17,20)(H,18,19)(H,21,22)/t11-,13?/m1/s1. The summed E-state index contributed by atoms with van der Waals surface area (Å²) < 4.78 is 5.33. The molecule has 2 atom stereocenters. The lowest BCUT2D eigenvalue weighted by molar-refractivity contribution is -0.141. The fourth-order valence-electron chi connectivity index (χ4n) is 1.78. The van der Waals surface area contributed by atoms with Gasteiger partial charge < -0.3 is 20.5 Å². The highest BCUT2D eigenvalue weighted by Crippen LogP contribution is 2.08. The number of thioether (sulfide) groups is 1. The number of hydrogen-bond donors (Lipinski definition) is 3. The SMILES string of the molecule is CSCCC(NC(=O)COc1ccccc1)C(=O)N[C@H](C)C(=O)O.